The Labute approximate surface area is 180 Å². The molecule has 3 aromatic rings. The molecule has 8 heteroatoms. The largest absolute Gasteiger partial charge is 0.480 e. The second-order valence-corrected chi connectivity index (χ2v) is 8.10. The number of benzene rings is 1. The van der Waals surface area contributed by atoms with Crippen LogP contribution < -0.4 is 10.2 Å². The van der Waals surface area contributed by atoms with Gasteiger partial charge in [0, 0.05) is 66.6 Å². The summed E-state index contributed by atoms with van der Waals surface area (Å²) < 4.78 is 0. The molecule has 4 rings (SSSR count). The van der Waals surface area contributed by atoms with Crippen LogP contribution in [0.2, 0.25) is 0 Å². The van der Waals surface area contributed by atoms with Gasteiger partial charge in [-0.15, -0.1) is 0 Å². The van der Waals surface area contributed by atoms with Crippen molar-refractivity contribution in [3.05, 3.63) is 54.4 Å². The van der Waals surface area contributed by atoms with Crippen LogP contribution in [0.25, 0.3) is 10.9 Å². The summed E-state index contributed by atoms with van der Waals surface area (Å²) in [5, 5.41) is 13.8. The molecule has 0 spiro atoms. The Morgan fingerprint density at radius 1 is 1.13 bits per heavy atom. The van der Waals surface area contributed by atoms with E-state index >= 15 is 0 Å². The Morgan fingerprint density at radius 2 is 1.90 bits per heavy atom. The number of carbonyl (C=O) groups is 2. The maximum absolute atomic E-state index is 12.2. The van der Waals surface area contributed by atoms with E-state index in [-0.39, 0.29) is 11.8 Å². The van der Waals surface area contributed by atoms with Crippen LogP contribution in [-0.4, -0.2) is 58.0 Å². The number of nitrogens with zero attached hydrogens (tertiary/aromatic N) is 3. The summed E-state index contributed by atoms with van der Waals surface area (Å²) in [4.78, 5) is 36.0. The van der Waals surface area contributed by atoms with Gasteiger partial charge in [0.05, 0.1) is 0 Å². The van der Waals surface area contributed by atoms with Crippen molar-refractivity contribution in [2.45, 2.75) is 19.9 Å². The molecule has 0 unspecified atom stereocenters. The number of carboxylic acid groups (broad SMARTS) is 1. The highest BCUT2D eigenvalue weighted by molar-refractivity contribution is 5.96. The number of aromatic nitrogens is 2. The maximum Gasteiger partial charge on any atom is 0.325 e. The summed E-state index contributed by atoms with van der Waals surface area (Å²) in [5.41, 5.74) is 2.22. The minimum absolute atomic E-state index is 0.0553. The SMILES string of the molecule is CC(C)C(=O)Nc1ccc2c([C@H](C(=O)O)N3CCN(c4ccccn4)CC3)c[nH]c2c1. The first-order chi connectivity index (χ1) is 14.9. The van der Waals surface area contributed by atoms with Gasteiger partial charge in [-0.3, -0.25) is 14.5 Å². The van der Waals surface area contributed by atoms with Gasteiger partial charge in [0.1, 0.15) is 11.9 Å². The fraction of sp³-hybridized carbons (Fsp3) is 0.348. The molecule has 162 valence electrons. The number of amides is 1. The highest BCUT2D eigenvalue weighted by Crippen LogP contribution is 2.31. The molecule has 0 saturated carbocycles. The molecule has 31 heavy (non-hydrogen) atoms. The molecule has 2 aromatic heterocycles. The number of pyridine rings is 1. The number of anilines is 2. The smallest absolute Gasteiger partial charge is 0.325 e. The third kappa shape index (κ3) is 4.39. The number of fused-ring (bicyclic) bond motifs is 1. The van der Waals surface area contributed by atoms with E-state index in [9.17, 15) is 14.7 Å². The van der Waals surface area contributed by atoms with Crippen molar-refractivity contribution in [2.75, 3.05) is 36.4 Å². The zero-order valence-electron chi connectivity index (χ0n) is 17.7. The predicted octanol–water partition coefficient (Wildman–Crippen LogP) is 3.11. The van der Waals surface area contributed by atoms with Gasteiger partial charge >= 0.3 is 5.97 Å². The second-order valence-electron chi connectivity index (χ2n) is 8.10. The van der Waals surface area contributed by atoms with Crippen molar-refractivity contribution in [1.29, 1.82) is 0 Å². The van der Waals surface area contributed by atoms with E-state index in [0.29, 0.717) is 31.9 Å². The predicted molar refractivity (Wildman–Crippen MR) is 120 cm³/mol. The normalized spacial score (nSPS) is 15.9. The van der Waals surface area contributed by atoms with E-state index in [2.05, 4.69) is 20.2 Å². The number of piperazine rings is 1. The Hall–Kier alpha value is -3.39. The van der Waals surface area contributed by atoms with Gasteiger partial charge in [0.25, 0.3) is 0 Å². The number of hydrogen-bond acceptors (Lipinski definition) is 5. The maximum atomic E-state index is 12.2. The number of rotatable bonds is 6. The molecule has 0 bridgehead atoms. The first-order valence-electron chi connectivity index (χ1n) is 10.5. The van der Waals surface area contributed by atoms with Crippen LogP contribution in [0.4, 0.5) is 11.5 Å². The molecule has 8 nitrogen and oxygen atoms in total. The zero-order valence-corrected chi connectivity index (χ0v) is 17.7. The lowest BCUT2D eigenvalue weighted by molar-refractivity contribution is -0.143. The van der Waals surface area contributed by atoms with Crippen LogP contribution >= 0.6 is 0 Å². The van der Waals surface area contributed by atoms with Gasteiger partial charge in [-0.1, -0.05) is 26.0 Å². The number of hydrogen-bond donors (Lipinski definition) is 3. The highest BCUT2D eigenvalue weighted by atomic mass is 16.4. The Balaban J connectivity index is 1.53. The number of aromatic amines is 1. The summed E-state index contributed by atoms with van der Waals surface area (Å²) in [6, 6.07) is 10.6. The minimum atomic E-state index is -0.871. The van der Waals surface area contributed by atoms with Crippen LogP contribution in [-0.2, 0) is 9.59 Å². The topological polar surface area (TPSA) is 102 Å². The van der Waals surface area contributed by atoms with E-state index in [0.717, 1.165) is 22.3 Å². The second kappa shape index (κ2) is 8.77. The van der Waals surface area contributed by atoms with Crippen LogP contribution in [0.5, 0.6) is 0 Å². The summed E-state index contributed by atoms with van der Waals surface area (Å²) in [7, 11) is 0. The van der Waals surface area contributed by atoms with Crippen LogP contribution in [0.1, 0.15) is 25.5 Å². The number of carbonyl (C=O) groups excluding carboxylic acids is 1. The van der Waals surface area contributed by atoms with Crippen LogP contribution in [0.3, 0.4) is 0 Å². The Bertz CT molecular complexity index is 1070. The summed E-state index contributed by atoms with van der Waals surface area (Å²) in [6.45, 7) is 6.37. The lowest BCUT2D eigenvalue weighted by Gasteiger charge is -2.38. The number of H-pyrrole nitrogens is 1. The molecule has 0 radical (unpaired) electrons. The van der Waals surface area contributed by atoms with Gasteiger partial charge < -0.3 is 20.3 Å². The molecular formula is C23H27N5O3. The first-order valence-corrected chi connectivity index (χ1v) is 10.5. The van der Waals surface area contributed by atoms with E-state index in [1.54, 1.807) is 12.4 Å². The van der Waals surface area contributed by atoms with Gasteiger partial charge in [-0.2, -0.15) is 0 Å². The van der Waals surface area contributed by atoms with Crippen molar-refractivity contribution in [1.82, 2.24) is 14.9 Å². The number of aliphatic carboxylic acids is 1. The summed E-state index contributed by atoms with van der Waals surface area (Å²) in [6.07, 6.45) is 3.54. The zero-order chi connectivity index (χ0) is 22.0. The third-order valence-electron chi connectivity index (χ3n) is 5.69. The molecule has 1 atom stereocenters. The quantitative estimate of drug-likeness (QED) is 0.565. The van der Waals surface area contributed by atoms with E-state index in [4.69, 9.17) is 0 Å². The lowest BCUT2D eigenvalue weighted by Crippen LogP contribution is -2.49. The van der Waals surface area contributed by atoms with E-state index in [1.165, 1.54) is 0 Å². The van der Waals surface area contributed by atoms with E-state index in [1.807, 2.05) is 55.1 Å². The molecular weight excluding hydrogens is 394 g/mol. The molecule has 1 aliphatic heterocycles. The van der Waals surface area contributed by atoms with Gasteiger partial charge in [0.2, 0.25) is 5.91 Å². The highest BCUT2D eigenvalue weighted by Gasteiger charge is 2.32. The molecule has 3 N–H and O–H groups in total. The fourth-order valence-electron chi connectivity index (χ4n) is 3.98. The Morgan fingerprint density at radius 3 is 2.55 bits per heavy atom. The van der Waals surface area contributed by atoms with Crippen molar-refractivity contribution in [2.24, 2.45) is 5.92 Å². The number of carboxylic acids is 1. The molecule has 1 aliphatic rings. The van der Waals surface area contributed by atoms with Gasteiger partial charge in [-0.25, -0.2) is 4.98 Å². The molecule has 1 aromatic carbocycles. The molecule has 1 fully saturated rings. The van der Waals surface area contributed by atoms with Crippen molar-refractivity contribution < 1.29 is 14.7 Å². The monoisotopic (exact) mass is 421 g/mol. The van der Waals surface area contributed by atoms with E-state index < -0.39 is 12.0 Å². The first kappa shape index (κ1) is 20.9. The Kier molecular flexibility index (Phi) is 5.90. The van der Waals surface area contributed by atoms with Crippen LogP contribution in [0, 0.1) is 5.92 Å². The molecule has 1 amide bonds. The fourth-order valence-corrected chi connectivity index (χ4v) is 3.98. The average Bonchev–Trinajstić information content (AvgIpc) is 3.17. The number of nitrogens with one attached hydrogen (secondary N) is 2. The van der Waals surface area contributed by atoms with Crippen molar-refractivity contribution >= 4 is 34.3 Å². The third-order valence-corrected chi connectivity index (χ3v) is 5.69. The lowest BCUT2D eigenvalue weighted by atomic mass is 10.0. The molecule has 0 aliphatic carbocycles. The average molecular weight is 422 g/mol. The van der Waals surface area contributed by atoms with Crippen LogP contribution in [0.15, 0.2) is 48.8 Å². The minimum Gasteiger partial charge on any atom is -0.480 e. The van der Waals surface area contributed by atoms with Crippen molar-refractivity contribution in [3.63, 3.8) is 0 Å². The molecule has 3 heterocycles. The summed E-state index contributed by atoms with van der Waals surface area (Å²) >= 11 is 0. The molecule has 1 saturated heterocycles. The van der Waals surface area contributed by atoms with Gasteiger partial charge in [-0.05, 0) is 24.3 Å². The standard InChI is InChI=1S/C23H27N5O3/c1-15(2)22(29)26-16-6-7-17-18(14-25-19(17)13-16)21(23(30)31)28-11-9-27(10-12-28)20-5-3-4-8-24-20/h3-8,13-15,21,25H,9-12H2,1-2H3,(H,26,29)(H,30,31)/t21-/m1/s1. The summed E-state index contributed by atoms with van der Waals surface area (Å²) in [5.74, 6) is -0.127. The van der Waals surface area contributed by atoms with Crippen molar-refractivity contribution in [3.8, 4) is 0 Å². The van der Waals surface area contributed by atoms with Gasteiger partial charge in [0.15, 0.2) is 0 Å².